The molecule has 9 heteroatoms. The molecule has 0 aromatic carbocycles. The van der Waals surface area contributed by atoms with Crippen molar-refractivity contribution in [2.45, 2.75) is 59.2 Å². The summed E-state index contributed by atoms with van der Waals surface area (Å²) in [7, 11) is -2.64. The van der Waals surface area contributed by atoms with Gasteiger partial charge >= 0.3 is 20.7 Å². The lowest BCUT2D eigenvalue weighted by Gasteiger charge is -2.28. The molecule has 142 valence electrons. The van der Waals surface area contributed by atoms with Gasteiger partial charge in [-0.25, -0.2) is 0 Å². The maximum Gasteiger partial charge on any atom is 0.500 e. The Kier molecular flexibility index (Phi) is 12.7. The van der Waals surface area contributed by atoms with Crippen LogP contribution in [-0.2, 0) is 27.6 Å². The molecule has 0 saturated carbocycles. The number of carbonyl (C=O) groups is 2. The standard InChI is InChI=1S/C15H31NO7Si/c1-5-20-24(21-6-2,22-7-3)12-8-11-16-13(4)23-15(19)10-9-14(17)18/h13,16H,5-12H2,1-4H3,(H,17,18). The lowest BCUT2D eigenvalue weighted by atomic mass is 10.3. The molecule has 2 N–H and O–H groups in total. The van der Waals surface area contributed by atoms with Crippen molar-refractivity contribution in [2.24, 2.45) is 0 Å². The van der Waals surface area contributed by atoms with Crippen LogP contribution in [0, 0.1) is 0 Å². The quantitative estimate of drug-likeness (QED) is 0.196. The predicted octanol–water partition coefficient (Wildman–Crippen LogP) is 1.77. The van der Waals surface area contributed by atoms with Crippen molar-refractivity contribution < 1.29 is 32.7 Å². The van der Waals surface area contributed by atoms with E-state index in [2.05, 4.69) is 5.32 Å². The maximum absolute atomic E-state index is 11.4. The summed E-state index contributed by atoms with van der Waals surface area (Å²) in [6.45, 7) is 9.67. The summed E-state index contributed by atoms with van der Waals surface area (Å²) in [5.41, 5.74) is 0. The first-order valence-corrected chi connectivity index (χ1v) is 10.4. The van der Waals surface area contributed by atoms with E-state index in [1.807, 2.05) is 20.8 Å². The molecule has 0 aromatic rings. The Bertz CT molecular complexity index is 351. The Balaban J connectivity index is 4.13. The van der Waals surface area contributed by atoms with E-state index in [9.17, 15) is 9.59 Å². The van der Waals surface area contributed by atoms with Gasteiger partial charge in [-0.3, -0.25) is 14.9 Å². The Hall–Kier alpha value is -1.00. The van der Waals surface area contributed by atoms with Crippen molar-refractivity contribution in [1.29, 1.82) is 0 Å². The second-order valence-corrected chi connectivity index (χ2v) is 7.80. The largest absolute Gasteiger partial charge is 0.500 e. The molecule has 0 amide bonds. The molecule has 0 aliphatic carbocycles. The van der Waals surface area contributed by atoms with Gasteiger partial charge in [-0.15, -0.1) is 0 Å². The van der Waals surface area contributed by atoms with Crippen LogP contribution in [0.15, 0.2) is 0 Å². The molecular weight excluding hydrogens is 334 g/mol. The molecule has 0 aromatic heterocycles. The number of rotatable bonds is 15. The van der Waals surface area contributed by atoms with Gasteiger partial charge in [-0.2, -0.15) is 0 Å². The zero-order chi connectivity index (χ0) is 18.4. The van der Waals surface area contributed by atoms with E-state index in [1.165, 1.54) is 0 Å². The molecule has 0 saturated heterocycles. The highest BCUT2D eigenvalue weighted by Gasteiger charge is 2.39. The fraction of sp³-hybridized carbons (Fsp3) is 0.867. The molecule has 0 spiro atoms. The first-order chi connectivity index (χ1) is 11.4. The smallest absolute Gasteiger partial charge is 0.481 e. The average Bonchev–Trinajstić information content (AvgIpc) is 2.50. The van der Waals surface area contributed by atoms with Crippen LogP contribution in [0.1, 0.15) is 47.0 Å². The molecule has 0 rings (SSSR count). The summed E-state index contributed by atoms with van der Waals surface area (Å²) >= 11 is 0. The zero-order valence-electron chi connectivity index (χ0n) is 15.1. The average molecular weight is 365 g/mol. The number of esters is 1. The summed E-state index contributed by atoms with van der Waals surface area (Å²) < 4.78 is 22.4. The third-order valence-electron chi connectivity index (χ3n) is 3.04. The zero-order valence-corrected chi connectivity index (χ0v) is 16.1. The van der Waals surface area contributed by atoms with Gasteiger partial charge in [0.15, 0.2) is 6.23 Å². The van der Waals surface area contributed by atoms with Crippen LogP contribution in [0.5, 0.6) is 0 Å². The van der Waals surface area contributed by atoms with Crippen LogP contribution in [0.25, 0.3) is 0 Å². The minimum atomic E-state index is -2.64. The highest BCUT2D eigenvalue weighted by Crippen LogP contribution is 2.17. The number of hydrogen-bond donors (Lipinski definition) is 2. The van der Waals surface area contributed by atoms with Crippen molar-refractivity contribution in [3.8, 4) is 0 Å². The topological polar surface area (TPSA) is 103 Å². The fourth-order valence-electron chi connectivity index (χ4n) is 2.12. The first-order valence-electron chi connectivity index (χ1n) is 8.45. The third kappa shape index (κ3) is 10.7. The van der Waals surface area contributed by atoms with Crippen LogP contribution >= 0.6 is 0 Å². The highest BCUT2D eigenvalue weighted by atomic mass is 28.4. The van der Waals surface area contributed by atoms with Gasteiger partial charge in [0.2, 0.25) is 0 Å². The summed E-state index contributed by atoms with van der Waals surface area (Å²) in [4.78, 5) is 21.8. The Morgan fingerprint density at radius 3 is 2.04 bits per heavy atom. The fourth-order valence-corrected chi connectivity index (χ4v) is 4.73. The van der Waals surface area contributed by atoms with E-state index in [1.54, 1.807) is 6.92 Å². The van der Waals surface area contributed by atoms with Crippen LogP contribution in [0.3, 0.4) is 0 Å². The van der Waals surface area contributed by atoms with Crippen molar-refractivity contribution in [3.05, 3.63) is 0 Å². The van der Waals surface area contributed by atoms with Crippen molar-refractivity contribution in [2.75, 3.05) is 26.4 Å². The lowest BCUT2D eigenvalue weighted by Crippen LogP contribution is -2.46. The number of hydrogen-bond acceptors (Lipinski definition) is 7. The third-order valence-corrected chi connectivity index (χ3v) is 6.19. The van der Waals surface area contributed by atoms with E-state index in [0.717, 1.165) is 6.42 Å². The molecule has 0 heterocycles. The number of ether oxygens (including phenoxy) is 1. The number of nitrogens with one attached hydrogen (secondary N) is 1. The van der Waals surface area contributed by atoms with E-state index in [4.69, 9.17) is 23.1 Å². The predicted molar refractivity (Wildman–Crippen MR) is 90.5 cm³/mol. The lowest BCUT2D eigenvalue weighted by molar-refractivity contribution is -0.152. The van der Waals surface area contributed by atoms with E-state index >= 15 is 0 Å². The highest BCUT2D eigenvalue weighted by molar-refractivity contribution is 6.60. The Morgan fingerprint density at radius 1 is 1.04 bits per heavy atom. The van der Waals surface area contributed by atoms with Crippen LogP contribution in [-0.4, -0.2) is 58.4 Å². The molecule has 0 radical (unpaired) electrons. The Morgan fingerprint density at radius 2 is 1.58 bits per heavy atom. The second-order valence-electron chi connectivity index (χ2n) is 5.07. The first kappa shape index (κ1) is 23.0. The summed E-state index contributed by atoms with van der Waals surface area (Å²) in [5.74, 6) is -1.55. The number of carboxylic acid groups (broad SMARTS) is 1. The van der Waals surface area contributed by atoms with Crippen LogP contribution < -0.4 is 5.32 Å². The van der Waals surface area contributed by atoms with Gasteiger partial charge in [0, 0.05) is 25.9 Å². The van der Waals surface area contributed by atoms with Gasteiger partial charge in [0.1, 0.15) is 0 Å². The summed E-state index contributed by atoms with van der Waals surface area (Å²) in [6, 6.07) is 0.676. The van der Waals surface area contributed by atoms with Gasteiger partial charge in [-0.1, -0.05) is 0 Å². The van der Waals surface area contributed by atoms with Crippen molar-refractivity contribution >= 4 is 20.7 Å². The van der Waals surface area contributed by atoms with Gasteiger partial charge in [0.25, 0.3) is 0 Å². The number of carboxylic acids is 1. The van der Waals surface area contributed by atoms with Crippen LogP contribution in [0.4, 0.5) is 0 Å². The molecule has 1 unspecified atom stereocenters. The molecular formula is C15H31NO7Si. The summed E-state index contributed by atoms with van der Waals surface area (Å²) in [5, 5.41) is 11.6. The van der Waals surface area contributed by atoms with Crippen molar-refractivity contribution in [3.63, 3.8) is 0 Å². The van der Waals surface area contributed by atoms with Gasteiger partial charge in [0.05, 0.1) is 12.8 Å². The molecule has 8 nitrogen and oxygen atoms in total. The maximum atomic E-state index is 11.4. The van der Waals surface area contributed by atoms with Gasteiger partial charge in [-0.05, 0) is 40.7 Å². The van der Waals surface area contributed by atoms with Crippen LogP contribution in [0.2, 0.25) is 6.04 Å². The van der Waals surface area contributed by atoms with Crippen molar-refractivity contribution in [1.82, 2.24) is 5.32 Å². The van der Waals surface area contributed by atoms with Gasteiger partial charge < -0.3 is 23.1 Å². The van der Waals surface area contributed by atoms with E-state index < -0.39 is 27.0 Å². The minimum absolute atomic E-state index is 0.129. The minimum Gasteiger partial charge on any atom is -0.481 e. The molecule has 0 bridgehead atoms. The molecule has 0 aliphatic heterocycles. The SMILES string of the molecule is CCO[Si](CCCNC(C)OC(=O)CCC(=O)O)(OCC)OCC. The van der Waals surface area contributed by atoms with E-state index in [-0.39, 0.29) is 12.8 Å². The number of aliphatic carboxylic acids is 1. The molecule has 0 fully saturated rings. The normalized spacial score (nSPS) is 12.8. The number of carbonyl (C=O) groups excluding carboxylic acids is 1. The second kappa shape index (κ2) is 13.3. The van der Waals surface area contributed by atoms with E-state index in [0.29, 0.717) is 32.4 Å². The Labute approximate surface area is 145 Å². The molecule has 1 atom stereocenters. The molecule has 24 heavy (non-hydrogen) atoms. The summed E-state index contributed by atoms with van der Waals surface area (Å²) in [6.07, 6.45) is -0.0789. The monoisotopic (exact) mass is 365 g/mol. The molecule has 0 aliphatic rings.